The molecule has 1 aromatic rings. The number of nitrogens with one attached hydrogen (secondary N) is 1. The number of hydrogen-bond donors (Lipinski definition) is 1. The summed E-state index contributed by atoms with van der Waals surface area (Å²) in [5, 5.41) is 8.18. The Labute approximate surface area is 111 Å². The van der Waals surface area contributed by atoms with E-state index in [1.165, 1.54) is 43.5 Å². The first-order valence-corrected chi connectivity index (χ1v) is 7.46. The van der Waals surface area contributed by atoms with Crippen molar-refractivity contribution in [3.63, 3.8) is 0 Å². The fraction of sp³-hybridized carbons (Fsp3) is 0.800. The van der Waals surface area contributed by atoms with E-state index in [-0.39, 0.29) is 0 Å². The Morgan fingerprint density at radius 2 is 2.11 bits per heavy atom. The second-order valence-electron chi connectivity index (χ2n) is 5.67. The minimum atomic E-state index is 0.630. The van der Waals surface area contributed by atoms with Crippen LogP contribution in [0.3, 0.4) is 0 Å². The summed E-state index contributed by atoms with van der Waals surface area (Å²) in [6, 6.07) is 2.85. The minimum absolute atomic E-state index is 0.630. The van der Waals surface area contributed by atoms with Crippen molar-refractivity contribution in [1.82, 2.24) is 15.1 Å². The number of hydrogen-bond acceptors (Lipinski definition) is 2. The van der Waals surface area contributed by atoms with Gasteiger partial charge in [-0.25, -0.2) is 0 Å². The van der Waals surface area contributed by atoms with Gasteiger partial charge >= 0.3 is 0 Å². The molecule has 1 aromatic heterocycles. The summed E-state index contributed by atoms with van der Waals surface area (Å²) in [5.74, 6) is 0.873. The predicted octanol–water partition coefficient (Wildman–Crippen LogP) is 3.04. The first-order valence-electron chi connectivity index (χ1n) is 7.46. The van der Waals surface area contributed by atoms with Crippen molar-refractivity contribution in [2.75, 3.05) is 0 Å². The number of aromatic nitrogens is 2. The predicted molar refractivity (Wildman–Crippen MR) is 75.5 cm³/mol. The average Bonchev–Trinajstić information content (AvgIpc) is 2.77. The molecule has 1 saturated carbocycles. The molecule has 18 heavy (non-hydrogen) atoms. The molecule has 0 spiro atoms. The van der Waals surface area contributed by atoms with Crippen molar-refractivity contribution in [3.05, 3.63) is 17.5 Å². The zero-order chi connectivity index (χ0) is 13.0. The van der Waals surface area contributed by atoms with Crippen molar-refractivity contribution >= 4 is 0 Å². The van der Waals surface area contributed by atoms with Crippen LogP contribution in [0.1, 0.15) is 57.3 Å². The Kier molecular flexibility index (Phi) is 4.81. The largest absolute Gasteiger partial charge is 0.308 e. The van der Waals surface area contributed by atoms with Crippen LogP contribution in [0.5, 0.6) is 0 Å². The highest BCUT2D eigenvalue weighted by atomic mass is 15.3. The molecule has 0 aliphatic heterocycles. The van der Waals surface area contributed by atoms with Crippen LogP contribution in [0.25, 0.3) is 0 Å². The van der Waals surface area contributed by atoms with E-state index in [0.29, 0.717) is 6.04 Å². The van der Waals surface area contributed by atoms with Crippen molar-refractivity contribution < 1.29 is 0 Å². The van der Waals surface area contributed by atoms with Crippen LogP contribution >= 0.6 is 0 Å². The van der Waals surface area contributed by atoms with Crippen LogP contribution in [0.4, 0.5) is 0 Å². The Hall–Kier alpha value is -0.830. The molecule has 3 heteroatoms. The minimum Gasteiger partial charge on any atom is -0.308 e. The first-order chi connectivity index (χ1) is 8.70. The zero-order valence-corrected chi connectivity index (χ0v) is 12.1. The molecule has 0 amide bonds. The first kappa shape index (κ1) is 13.6. The lowest BCUT2D eigenvalue weighted by atomic mass is 9.84. The summed E-state index contributed by atoms with van der Waals surface area (Å²) in [5.41, 5.74) is 2.49. The van der Waals surface area contributed by atoms with E-state index in [4.69, 9.17) is 0 Å². The number of nitrogens with zero attached hydrogens (tertiary/aromatic N) is 2. The van der Waals surface area contributed by atoms with Gasteiger partial charge in [-0.15, -0.1) is 0 Å². The van der Waals surface area contributed by atoms with Gasteiger partial charge in [-0.2, -0.15) is 5.10 Å². The maximum Gasteiger partial charge on any atom is 0.0625 e. The highest BCUT2D eigenvalue weighted by Gasteiger charge is 2.19. The Bertz CT molecular complexity index is 364. The number of aryl methyl sites for hydroxylation is 2. The van der Waals surface area contributed by atoms with Gasteiger partial charge in [-0.05, 0) is 38.2 Å². The molecule has 1 heterocycles. The molecule has 3 nitrogen and oxygen atoms in total. The van der Waals surface area contributed by atoms with Gasteiger partial charge in [-0.1, -0.05) is 26.2 Å². The molecule has 1 unspecified atom stereocenters. The van der Waals surface area contributed by atoms with Crippen molar-refractivity contribution in [3.8, 4) is 0 Å². The van der Waals surface area contributed by atoms with Crippen LogP contribution in [0.2, 0.25) is 0 Å². The molecule has 0 bridgehead atoms. The fourth-order valence-corrected chi connectivity index (χ4v) is 2.98. The molecule has 1 aliphatic rings. The second kappa shape index (κ2) is 6.37. The summed E-state index contributed by atoms with van der Waals surface area (Å²) < 4.78 is 2.01. The maximum absolute atomic E-state index is 4.50. The van der Waals surface area contributed by atoms with E-state index >= 15 is 0 Å². The lowest BCUT2D eigenvalue weighted by Gasteiger charge is -2.28. The smallest absolute Gasteiger partial charge is 0.0625 e. The molecule has 2 rings (SSSR count). The van der Waals surface area contributed by atoms with Gasteiger partial charge in [0.2, 0.25) is 0 Å². The Morgan fingerprint density at radius 1 is 1.39 bits per heavy atom. The third kappa shape index (κ3) is 3.35. The molecular weight excluding hydrogens is 222 g/mol. The molecule has 102 valence electrons. The Balaban J connectivity index is 1.84. The standard InChI is InChI=1S/C15H27N3/c1-4-14-10-15(18(3)17-14)11-16-12(2)13-8-6-5-7-9-13/h10,12-13,16H,4-9,11H2,1-3H3. The molecule has 1 atom stereocenters. The lowest BCUT2D eigenvalue weighted by Crippen LogP contribution is -2.34. The second-order valence-corrected chi connectivity index (χ2v) is 5.67. The van der Waals surface area contributed by atoms with Crippen LogP contribution in [-0.2, 0) is 20.0 Å². The fourth-order valence-electron chi connectivity index (χ4n) is 2.98. The SMILES string of the molecule is CCc1cc(CNC(C)C2CCCCC2)n(C)n1. The summed E-state index contributed by atoms with van der Waals surface area (Å²) in [6.07, 6.45) is 8.10. The van der Waals surface area contributed by atoms with Gasteiger partial charge in [0.15, 0.2) is 0 Å². The van der Waals surface area contributed by atoms with Crippen molar-refractivity contribution in [1.29, 1.82) is 0 Å². The van der Waals surface area contributed by atoms with Crippen LogP contribution in [0, 0.1) is 5.92 Å². The van der Waals surface area contributed by atoms with E-state index in [2.05, 4.69) is 30.3 Å². The highest BCUT2D eigenvalue weighted by molar-refractivity contribution is 5.10. The van der Waals surface area contributed by atoms with Gasteiger partial charge in [-0.3, -0.25) is 4.68 Å². The van der Waals surface area contributed by atoms with Gasteiger partial charge in [0.05, 0.1) is 11.4 Å². The quantitative estimate of drug-likeness (QED) is 0.869. The molecule has 0 radical (unpaired) electrons. The van der Waals surface area contributed by atoms with E-state index in [1.54, 1.807) is 0 Å². The van der Waals surface area contributed by atoms with E-state index in [9.17, 15) is 0 Å². The average molecular weight is 249 g/mol. The van der Waals surface area contributed by atoms with E-state index in [0.717, 1.165) is 18.9 Å². The maximum atomic E-state index is 4.50. The van der Waals surface area contributed by atoms with Crippen LogP contribution in [-0.4, -0.2) is 15.8 Å². The van der Waals surface area contributed by atoms with E-state index in [1.807, 2.05) is 11.7 Å². The molecule has 0 saturated heterocycles. The van der Waals surface area contributed by atoms with Crippen LogP contribution in [0.15, 0.2) is 6.07 Å². The van der Waals surface area contributed by atoms with Gasteiger partial charge in [0.25, 0.3) is 0 Å². The summed E-state index contributed by atoms with van der Waals surface area (Å²) in [6.45, 7) is 5.44. The highest BCUT2D eigenvalue weighted by Crippen LogP contribution is 2.26. The lowest BCUT2D eigenvalue weighted by molar-refractivity contribution is 0.279. The summed E-state index contributed by atoms with van der Waals surface area (Å²) >= 11 is 0. The molecule has 1 N–H and O–H groups in total. The molecule has 0 aromatic carbocycles. The Morgan fingerprint density at radius 3 is 2.72 bits per heavy atom. The topological polar surface area (TPSA) is 29.9 Å². The van der Waals surface area contributed by atoms with Crippen LogP contribution < -0.4 is 5.32 Å². The molecule has 1 aliphatic carbocycles. The monoisotopic (exact) mass is 249 g/mol. The molecular formula is C15H27N3. The van der Waals surface area contributed by atoms with Crippen molar-refractivity contribution in [2.45, 2.75) is 65.0 Å². The summed E-state index contributed by atoms with van der Waals surface area (Å²) in [4.78, 5) is 0. The van der Waals surface area contributed by atoms with E-state index < -0.39 is 0 Å². The summed E-state index contributed by atoms with van der Waals surface area (Å²) in [7, 11) is 2.04. The third-order valence-corrected chi connectivity index (χ3v) is 4.35. The third-order valence-electron chi connectivity index (χ3n) is 4.35. The van der Waals surface area contributed by atoms with Gasteiger partial charge in [0, 0.05) is 19.6 Å². The number of rotatable bonds is 5. The zero-order valence-electron chi connectivity index (χ0n) is 12.1. The molecule has 1 fully saturated rings. The van der Waals surface area contributed by atoms with Crippen molar-refractivity contribution in [2.24, 2.45) is 13.0 Å². The van der Waals surface area contributed by atoms with Gasteiger partial charge < -0.3 is 5.32 Å². The normalized spacial score (nSPS) is 19.1. The van der Waals surface area contributed by atoms with Gasteiger partial charge in [0.1, 0.15) is 0 Å².